The quantitative estimate of drug-likeness (QED) is 0.350. The van der Waals surface area contributed by atoms with Crippen LogP contribution in [0.15, 0.2) is 0 Å². The summed E-state index contributed by atoms with van der Waals surface area (Å²) in [6.07, 6.45) is -3.68. The van der Waals surface area contributed by atoms with Gasteiger partial charge < -0.3 is 21.1 Å². The molecule has 13 heavy (non-hydrogen) atoms. The average molecular weight is 190 g/mol. The van der Waals surface area contributed by atoms with Crippen molar-refractivity contribution < 1.29 is 20.1 Å². The van der Waals surface area contributed by atoms with Crippen LogP contribution in [0.5, 0.6) is 0 Å². The summed E-state index contributed by atoms with van der Waals surface area (Å²) in [5, 5.41) is 27.9. The Morgan fingerprint density at radius 2 is 1.92 bits per heavy atom. The third-order valence-corrected chi connectivity index (χ3v) is 2.31. The number of hydrogen-bond acceptors (Lipinski definition) is 5. The van der Waals surface area contributed by atoms with Crippen LogP contribution >= 0.6 is 0 Å². The number of aliphatic hydroxyl groups is 3. The second-order valence-electron chi connectivity index (χ2n) is 3.34. The van der Waals surface area contributed by atoms with E-state index >= 15 is 0 Å². The predicted molar refractivity (Wildman–Crippen MR) is 43.6 cm³/mol. The molecule has 0 aromatic heterocycles. The fraction of sp³-hybridized carbons (Fsp3) is 0.857. The van der Waals surface area contributed by atoms with E-state index in [4.69, 9.17) is 5.73 Å². The van der Waals surface area contributed by atoms with Gasteiger partial charge in [-0.15, -0.1) is 0 Å². The molecule has 1 aliphatic rings. The zero-order chi connectivity index (χ0) is 10.2. The van der Waals surface area contributed by atoms with E-state index in [-0.39, 0.29) is 6.54 Å². The van der Waals surface area contributed by atoms with E-state index in [0.717, 1.165) is 0 Å². The molecule has 0 unspecified atom stereocenters. The lowest BCUT2D eigenvalue weighted by atomic mass is 9.94. The first kappa shape index (κ1) is 10.4. The lowest BCUT2D eigenvalue weighted by Crippen LogP contribution is -2.63. The van der Waals surface area contributed by atoms with Gasteiger partial charge in [0.15, 0.2) is 0 Å². The van der Waals surface area contributed by atoms with E-state index in [9.17, 15) is 20.1 Å². The lowest BCUT2D eigenvalue weighted by molar-refractivity contribution is -0.151. The maximum absolute atomic E-state index is 10.9. The molecule has 6 nitrogen and oxygen atoms in total. The van der Waals surface area contributed by atoms with Crippen molar-refractivity contribution in [3.63, 3.8) is 0 Å². The SMILES string of the molecule is CN1C[C@H](O)[C@@H](O)[C@H](O)[C@H]1C(N)=O. The number of carbonyl (C=O) groups is 1. The van der Waals surface area contributed by atoms with Gasteiger partial charge in [-0.25, -0.2) is 0 Å². The number of nitrogens with zero attached hydrogens (tertiary/aromatic N) is 1. The average Bonchev–Trinajstić information content (AvgIpc) is 1.99. The summed E-state index contributed by atoms with van der Waals surface area (Å²) in [6, 6.07) is -0.932. The molecule has 0 radical (unpaired) electrons. The Morgan fingerprint density at radius 3 is 2.38 bits per heavy atom. The minimum atomic E-state index is -1.33. The summed E-state index contributed by atoms with van der Waals surface area (Å²) < 4.78 is 0. The Hall–Kier alpha value is -0.690. The number of rotatable bonds is 1. The molecule has 0 saturated carbocycles. The number of aliphatic hydroxyl groups excluding tert-OH is 3. The molecule has 0 bridgehead atoms. The molecule has 0 aromatic rings. The molecular formula is C7H14N2O4. The number of piperidine rings is 1. The van der Waals surface area contributed by atoms with Gasteiger partial charge in [-0.1, -0.05) is 0 Å². The van der Waals surface area contributed by atoms with Crippen molar-refractivity contribution in [3.05, 3.63) is 0 Å². The number of likely N-dealkylation sites (tertiary alicyclic amines) is 1. The molecule has 0 spiro atoms. The van der Waals surface area contributed by atoms with E-state index in [2.05, 4.69) is 0 Å². The summed E-state index contributed by atoms with van der Waals surface area (Å²) in [6.45, 7) is 0.117. The number of carbonyl (C=O) groups excluding carboxylic acids is 1. The van der Waals surface area contributed by atoms with Crippen LogP contribution in [0.25, 0.3) is 0 Å². The third-order valence-electron chi connectivity index (χ3n) is 2.31. The Morgan fingerprint density at radius 1 is 1.38 bits per heavy atom. The Kier molecular flexibility index (Phi) is 2.87. The topological polar surface area (TPSA) is 107 Å². The number of amides is 1. The number of hydrogen-bond donors (Lipinski definition) is 4. The van der Waals surface area contributed by atoms with Gasteiger partial charge in [-0.2, -0.15) is 0 Å². The van der Waals surface area contributed by atoms with Gasteiger partial charge in [0.1, 0.15) is 18.2 Å². The van der Waals surface area contributed by atoms with E-state index in [1.165, 1.54) is 4.90 Å². The summed E-state index contributed by atoms with van der Waals surface area (Å²) in [5.41, 5.74) is 5.02. The van der Waals surface area contributed by atoms with Crippen molar-refractivity contribution in [2.75, 3.05) is 13.6 Å². The van der Waals surface area contributed by atoms with Crippen LogP contribution in [0.3, 0.4) is 0 Å². The molecule has 1 aliphatic heterocycles. The highest BCUT2D eigenvalue weighted by atomic mass is 16.4. The first-order valence-corrected chi connectivity index (χ1v) is 3.99. The maximum Gasteiger partial charge on any atom is 0.237 e. The van der Waals surface area contributed by atoms with Crippen LogP contribution in [0, 0.1) is 0 Å². The summed E-state index contributed by atoms with van der Waals surface area (Å²) in [4.78, 5) is 12.3. The lowest BCUT2D eigenvalue weighted by Gasteiger charge is -2.40. The van der Waals surface area contributed by atoms with Gasteiger partial charge in [-0.3, -0.25) is 9.69 Å². The molecule has 0 aromatic carbocycles. The molecule has 1 amide bonds. The normalized spacial score (nSPS) is 41.8. The van der Waals surface area contributed by atoms with E-state index in [0.29, 0.717) is 0 Å². The van der Waals surface area contributed by atoms with E-state index in [1.807, 2.05) is 0 Å². The van der Waals surface area contributed by atoms with Crippen LogP contribution in [0.4, 0.5) is 0 Å². The third kappa shape index (κ3) is 1.80. The Labute approximate surface area is 75.6 Å². The Balaban J connectivity index is 2.79. The minimum absolute atomic E-state index is 0.117. The van der Waals surface area contributed by atoms with Crippen molar-refractivity contribution in [1.82, 2.24) is 4.90 Å². The van der Waals surface area contributed by atoms with Gasteiger partial charge in [0.05, 0.1) is 6.10 Å². The van der Waals surface area contributed by atoms with Crippen LogP contribution in [-0.4, -0.2) is 64.1 Å². The van der Waals surface area contributed by atoms with Crippen LogP contribution in [0.2, 0.25) is 0 Å². The fourth-order valence-corrected chi connectivity index (χ4v) is 1.58. The van der Waals surface area contributed by atoms with Gasteiger partial charge in [0, 0.05) is 6.54 Å². The van der Waals surface area contributed by atoms with Crippen LogP contribution in [0.1, 0.15) is 0 Å². The largest absolute Gasteiger partial charge is 0.389 e. The van der Waals surface area contributed by atoms with Crippen LogP contribution in [-0.2, 0) is 4.79 Å². The summed E-state index contributed by atoms with van der Waals surface area (Å²) in [5.74, 6) is -0.707. The zero-order valence-corrected chi connectivity index (χ0v) is 7.29. The molecular weight excluding hydrogens is 176 g/mol. The number of nitrogens with two attached hydrogens (primary N) is 1. The zero-order valence-electron chi connectivity index (χ0n) is 7.29. The molecule has 0 aliphatic carbocycles. The number of β-amino-alcohol motifs (C(OH)–C–C–N with tert-alkyl or cyclic N) is 1. The monoisotopic (exact) mass is 190 g/mol. The molecule has 4 atom stereocenters. The first-order valence-electron chi connectivity index (χ1n) is 3.99. The second-order valence-corrected chi connectivity index (χ2v) is 3.34. The molecule has 1 fully saturated rings. The van der Waals surface area contributed by atoms with Gasteiger partial charge >= 0.3 is 0 Å². The predicted octanol–water partition coefficient (Wildman–Crippen LogP) is -3.13. The van der Waals surface area contributed by atoms with Crippen molar-refractivity contribution in [2.45, 2.75) is 24.4 Å². The van der Waals surface area contributed by atoms with E-state index in [1.54, 1.807) is 7.05 Å². The van der Waals surface area contributed by atoms with Gasteiger partial charge in [0.25, 0.3) is 0 Å². The maximum atomic E-state index is 10.9. The minimum Gasteiger partial charge on any atom is -0.389 e. The molecule has 1 rings (SSSR count). The van der Waals surface area contributed by atoms with Crippen molar-refractivity contribution >= 4 is 5.91 Å². The molecule has 5 N–H and O–H groups in total. The van der Waals surface area contributed by atoms with Crippen molar-refractivity contribution in [1.29, 1.82) is 0 Å². The second kappa shape index (κ2) is 3.59. The van der Waals surface area contributed by atoms with E-state index < -0.39 is 30.3 Å². The molecule has 76 valence electrons. The Bertz CT molecular complexity index is 211. The number of likely N-dealkylation sites (N-methyl/N-ethyl adjacent to an activating group) is 1. The van der Waals surface area contributed by atoms with Gasteiger partial charge in [0.2, 0.25) is 5.91 Å². The molecule has 6 heteroatoms. The standard InChI is InChI=1S/C7H14N2O4/c1-9-2-3(10)5(11)6(12)4(9)7(8)13/h3-6,10-12H,2H2,1H3,(H2,8,13)/t3-,4-,5+,6+/m0/s1. The first-order chi connectivity index (χ1) is 5.95. The highest BCUT2D eigenvalue weighted by Crippen LogP contribution is 2.16. The molecule has 1 heterocycles. The van der Waals surface area contributed by atoms with Crippen molar-refractivity contribution in [2.24, 2.45) is 5.73 Å². The van der Waals surface area contributed by atoms with Gasteiger partial charge in [-0.05, 0) is 7.05 Å². The van der Waals surface area contributed by atoms with Crippen molar-refractivity contribution in [3.8, 4) is 0 Å². The highest BCUT2D eigenvalue weighted by molar-refractivity contribution is 5.80. The molecule has 1 saturated heterocycles. The fourth-order valence-electron chi connectivity index (χ4n) is 1.58. The smallest absolute Gasteiger partial charge is 0.237 e. The summed E-state index contributed by atoms with van der Waals surface area (Å²) in [7, 11) is 1.55. The van der Waals surface area contributed by atoms with Crippen LogP contribution < -0.4 is 5.73 Å². The highest BCUT2D eigenvalue weighted by Gasteiger charge is 2.42. The summed E-state index contributed by atoms with van der Waals surface area (Å²) >= 11 is 0. The number of primary amides is 1.